The molecule has 0 aliphatic carbocycles. The van der Waals surface area contributed by atoms with Gasteiger partial charge < -0.3 is 0 Å². The fourth-order valence-corrected chi connectivity index (χ4v) is 4.59. The van der Waals surface area contributed by atoms with Crippen molar-refractivity contribution in [1.29, 1.82) is 0 Å². The van der Waals surface area contributed by atoms with Gasteiger partial charge in [-0.3, -0.25) is 0 Å². The molecule has 174 valence electrons. The summed E-state index contributed by atoms with van der Waals surface area (Å²) in [6, 6.07) is 43.0. The molecule has 5 aromatic rings. The van der Waals surface area contributed by atoms with Gasteiger partial charge in [0.2, 0.25) is 0 Å². The number of hydrogen-bond donors (Lipinski definition) is 0. The van der Waals surface area contributed by atoms with Gasteiger partial charge in [-0.2, -0.15) is 0 Å². The van der Waals surface area contributed by atoms with Gasteiger partial charge >= 0.3 is 0 Å². The van der Waals surface area contributed by atoms with Crippen LogP contribution < -0.4 is 0 Å². The number of aryl methyl sites for hydroxylation is 2. The van der Waals surface area contributed by atoms with E-state index in [4.69, 9.17) is 0 Å². The summed E-state index contributed by atoms with van der Waals surface area (Å²) in [5.74, 6) is 0. The van der Waals surface area contributed by atoms with E-state index in [2.05, 4.69) is 159 Å². The highest BCUT2D eigenvalue weighted by Gasteiger charge is 2.12. The van der Waals surface area contributed by atoms with Crippen LogP contribution in [0.25, 0.3) is 46.6 Å². The van der Waals surface area contributed by atoms with Gasteiger partial charge in [0, 0.05) is 0 Å². The van der Waals surface area contributed by atoms with Crippen LogP contribution in [0.4, 0.5) is 0 Å². The second-order valence-corrected chi connectivity index (χ2v) is 9.14. The average Bonchev–Trinajstić information content (AvgIpc) is 2.93. The van der Waals surface area contributed by atoms with E-state index in [0.29, 0.717) is 0 Å². The monoisotopic (exact) mass is 462 g/mol. The highest BCUT2D eigenvalue weighted by Crippen LogP contribution is 2.35. The second kappa shape index (κ2) is 10.9. The largest absolute Gasteiger partial charge is 0.0622 e. The van der Waals surface area contributed by atoms with Crippen LogP contribution in [0.2, 0.25) is 0 Å². The Hall–Kier alpha value is -4.42. The number of benzene rings is 5. The topological polar surface area (TPSA) is 0 Å². The van der Waals surface area contributed by atoms with Crippen molar-refractivity contribution in [2.45, 2.75) is 13.8 Å². The third-order valence-electron chi connectivity index (χ3n) is 6.63. The first kappa shape index (κ1) is 23.3. The summed E-state index contributed by atoms with van der Waals surface area (Å²) in [4.78, 5) is 0. The normalized spacial score (nSPS) is 11.4. The maximum atomic E-state index is 2.32. The summed E-state index contributed by atoms with van der Waals surface area (Å²) in [5, 5.41) is 0. The number of hydrogen-bond acceptors (Lipinski definition) is 0. The van der Waals surface area contributed by atoms with Gasteiger partial charge in [0.1, 0.15) is 0 Å². The van der Waals surface area contributed by atoms with E-state index < -0.39 is 0 Å². The van der Waals surface area contributed by atoms with Crippen molar-refractivity contribution in [3.8, 4) is 22.3 Å². The summed E-state index contributed by atoms with van der Waals surface area (Å²) in [5.41, 5.74) is 12.3. The third kappa shape index (κ3) is 5.29. The molecule has 0 N–H and O–H groups in total. The first-order valence-electron chi connectivity index (χ1n) is 12.5. The van der Waals surface area contributed by atoms with Crippen molar-refractivity contribution < 1.29 is 0 Å². The molecule has 0 aliphatic rings. The highest BCUT2D eigenvalue weighted by atomic mass is 14.2. The van der Waals surface area contributed by atoms with Crippen molar-refractivity contribution in [2.24, 2.45) is 0 Å². The summed E-state index contributed by atoms with van der Waals surface area (Å²) in [7, 11) is 0. The Labute approximate surface area is 214 Å². The molecule has 0 aromatic heterocycles. The van der Waals surface area contributed by atoms with Crippen LogP contribution in [0.15, 0.2) is 121 Å². The molecule has 0 radical (unpaired) electrons. The molecule has 0 amide bonds. The van der Waals surface area contributed by atoms with E-state index in [1.165, 1.54) is 55.6 Å². The fraction of sp³-hybridized carbons (Fsp3) is 0.0556. The minimum atomic E-state index is 1.20. The molecule has 5 aromatic carbocycles. The van der Waals surface area contributed by atoms with Gasteiger partial charge in [-0.15, -0.1) is 0 Å². The molecular formula is C36H30. The Kier molecular flexibility index (Phi) is 7.05. The van der Waals surface area contributed by atoms with Crippen molar-refractivity contribution in [2.75, 3.05) is 0 Å². The summed E-state index contributed by atoms with van der Waals surface area (Å²) >= 11 is 0. The van der Waals surface area contributed by atoms with E-state index in [-0.39, 0.29) is 0 Å². The van der Waals surface area contributed by atoms with Gasteiger partial charge in [-0.25, -0.2) is 0 Å². The lowest BCUT2D eigenvalue weighted by Gasteiger charge is -2.15. The average molecular weight is 463 g/mol. The van der Waals surface area contributed by atoms with Crippen molar-refractivity contribution in [1.82, 2.24) is 0 Å². The van der Waals surface area contributed by atoms with Crippen molar-refractivity contribution in [3.63, 3.8) is 0 Å². The molecule has 0 aliphatic heterocycles. The van der Waals surface area contributed by atoms with Crippen LogP contribution in [0.5, 0.6) is 0 Å². The Bertz CT molecular complexity index is 1440. The smallest absolute Gasteiger partial charge is 0.00384 e. The maximum absolute atomic E-state index is 2.32. The van der Waals surface area contributed by atoms with Gasteiger partial charge in [-0.1, -0.05) is 133 Å². The van der Waals surface area contributed by atoms with Gasteiger partial charge in [-0.05, 0) is 81.6 Å². The van der Waals surface area contributed by atoms with Crippen LogP contribution in [0, 0.1) is 13.8 Å². The summed E-state index contributed by atoms with van der Waals surface area (Å²) in [6.07, 6.45) is 9.01. The highest BCUT2D eigenvalue weighted by molar-refractivity contribution is 5.92. The van der Waals surface area contributed by atoms with E-state index in [9.17, 15) is 0 Å². The van der Waals surface area contributed by atoms with E-state index in [1.807, 2.05) is 0 Å². The molecule has 0 heterocycles. The van der Waals surface area contributed by atoms with E-state index in [0.717, 1.165) is 0 Å². The molecule has 5 rings (SSSR count). The minimum Gasteiger partial charge on any atom is -0.0622 e. The van der Waals surface area contributed by atoms with Crippen molar-refractivity contribution in [3.05, 3.63) is 155 Å². The lowest BCUT2D eigenvalue weighted by molar-refractivity contribution is 1.44. The quantitative estimate of drug-likeness (QED) is 0.220. The van der Waals surface area contributed by atoms with Gasteiger partial charge in [0.15, 0.2) is 0 Å². The first-order chi connectivity index (χ1) is 17.7. The minimum absolute atomic E-state index is 1.20. The predicted octanol–water partition coefficient (Wildman–Crippen LogP) is 9.98. The zero-order valence-electron chi connectivity index (χ0n) is 20.9. The van der Waals surface area contributed by atoms with Crippen LogP contribution in [0.3, 0.4) is 0 Å². The summed E-state index contributed by atoms with van der Waals surface area (Å²) < 4.78 is 0. The molecule has 0 nitrogen and oxygen atoms in total. The summed E-state index contributed by atoms with van der Waals surface area (Å²) in [6.45, 7) is 4.32. The fourth-order valence-electron chi connectivity index (χ4n) is 4.59. The molecule has 0 atom stereocenters. The van der Waals surface area contributed by atoms with E-state index in [1.54, 1.807) is 0 Å². The molecule has 0 spiro atoms. The van der Waals surface area contributed by atoms with Gasteiger partial charge in [0.25, 0.3) is 0 Å². The Morgan fingerprint density at radius 2 is 0.750 bits per heavy atom. The molecule has 36 heavy (non-hydrogen) atoms. The zero-order valence-corrected chi connectivity index (χ0v) is 20.9. The Balaban J connectivity index is 1.73. The van der Waals surface area contributed by atoms with E-state index >= 15 is 0 Å². The third-order valence-corrected chi connectivity index (χ3v) is 6.63. The van der Waals surface area contributed by atoms with Crippen molar-refractivity contribution >= 4 is 24.3 Å². The molecule has 0 fully saturated rings. The van der Waals surface area contributed by atoms with Crippen LogP contribution in [-0.4, -0.2) is 0 Å². The van der Waals surface area contributed by atoms with Crippen LogP contribution in [-0.2, 0) is 0 Å². The molecule has 0 saturated heterocycles. The van der Waals surface area contributed by atoms with Gasteiger partial charge in [0.05, 0.1) is 0 Å². The molecular weight excluding hydrogens is 432 g/mol. The molecule has 0 bridgehead atoms. The first-order valence-corrected chi connectivity index (χ1v) is 12.5. The SMILES string of the molecule is Cc1ccccc1C=Cc1cc(-c2ccccc2)cc(C=Cc2ccccc2C)c1-c1ccccc1. The zero-order chi connectivity index (χ0) is 24.7. The molecule has 0 saturated carbocycles. The molecule has 0 heteroatoms. The Morgan fingerprint density at radius 1 is 0.361 bits per heavy atom. The maximum Gasteiger partial charge on any atom is -0.00384 e. The lowest BCUT2D eigenvalue weighted by atomic mass is 9.89. The van der Waals surface area contributed by atoms with Crippen LogP contribution in [0.1, 0.15) is 33.4 Å². The number of rotatable bonds is 6. The lowest BCUT2D eigenvalue weighted by Crippen LogP contribution is -1.92. The van der Waals surface area contributed by atoms with Crippen LogP contribution >= 0.6 is 0 Å². The molecule has 0 unspecified atom stereocenters. The standard InChI is InChI=1S/C36H30/c1-27-13-9-11-15-29(27)21-23-33-25-35(31-17-5-3-6-18-31)26-34(36(33)32-19-7-4-8-20-32)24-22-30-16-12-10-14-28(30)2/h3-26H,1-2H3. The second-order valence-electron chi connectivity index (χ2n) is 9.14. The Morgan fingerprint density at radius 3 is 1.22 bits per heavy atom. The predicted molar refractivity (Wildman–Crippen MR) is 158 cm³/mol.